The van der Waals surface area contributed by atoms with Gasteiger partial charge in [0.25, 0.3) is 5.56 Å². The van der Waals surface area contributed by atoms with Crippen molar-refractivity contribution in [3.05, 3.63) is 45.6 Å². The van der Waals surface area contributed by atoms with Crippen LogP contribution in [0.3, 0.4) is 0 Å². The predicted octanol–water partition coefficient (Wildman–Crippen LogP) is 2.60. The minimum Gasteiger partial charge on any atom is -0.321 e. The Balaban J connectivity index is 2.20. The molecule has 0 aromatic carbocycles. The number of pyridine rings is 1. The molecule has 0 aliphatic heterocycles. The maximum Gasteiger partial charge on any atom is 0.252 e. The molecule has 0 fully saturated rings. The summed E-state index contributed by atoms with van der Waals surface area (Å²) >= 11 is 1.62. The molecule has 0 bridgehead atoms. The summed E-state index contributed by atoms with van der Waals surface area (Å²) in [4.78, 5) is 15.9. The van der Waals surface area contributed by atoms with E-state index >= 15 is 0 Å². The lowest BCUT2D eigenvalue weighted by Gasteiger charge is -2.07. The average molecular weight is 248 g/mol. The average Bonchev–Trinajstić information content (AvgIpc) is 2.80. The van der Waals surface area contributed by atoms with Crippen LogP contribution in [0.1, 0.15) is 19.4 Å². The second-order valence-electron chi connectivity index (χ2n) is 4.24. The molecule has 0 amide bonds. The third-order valence-corrected chi connectivity index (χ3v) is 3.38. The normalized spacial score (nSPS) is 11.0. The molecule has 0 atom stereocenters. The van der Waals surface area contributed by atoms with Crippen molar-refractivity contribution in [3.8, 4) is 10.6 Å². The highest BCUT2D eigenvalue weighted by Crippen LogP contribution is 2.21. The fourth-order valence-corrected chi connectivity index (χ4v) is 2.24. The minimum atomic E-state index is -0.0101. The van der Waals surface area contributed by atoms with E-state index in [1.807, 2.05) is 29.6 Å². The van der Waals surface area contributed by atoms with Gasteiger partial charge in [-0.3, -0.25) is 4.79 Å². The summed E-state index contributed by atoms with van der Waals surface area (Å²) < 4.78 is 0. The predicted molar refractivity (Wildman–Crippen MR) is 72.4 cm³/mol. The molecule has 2 aromatic rings. The Morgan fingerprint density at radius 1 is 1.35 bits per heavy atom. The summed E-state index contributed by atoms with van der Waals surface area (Å²) in [6, 6.07) is 8.22. The van der Waals surface area contributed by atoms with Crippen molar-refractivity contribution < 1.29 is 0 Å². The van der Waals surface area contributed by atoms with Crippen LogP contribution in [0, 0.1) is 0 Å². The summed E-state index contributed by atoms with van der Waals surface area (Å²) in [5.74, 6) is 0. The Morgan fingerprint density at radius 3 is 2.76 bits per heavy atom. The van der Waals surface area contributed by atoms with Gasteiger partial charge >= 0.3 is 0 Å². The zero-order valence-electron chi connectivity index (χ0n) is 9.99. The molecule has 2 aromatic heterocycles. The highest BCUT2D eigenvalue weighted by atomic mass is 32.1. The molecule has 3 nitrogen and oxygen atoms in total. The highest BCUT2D eigenvalue weighted by Gasteiger charge is 2.04. The molecule has 2 N–H and O–H groups in total. The quantitative estimate of drug-likeness (QED) is 0.873. The van der Waals surface area contributed by atoms with E-state index in [1.165, 1.54) is 0 Å². The van der Waals surface area contributed by atoms with Crippen LogP contribution in [0.5, 0.6) is 0 Å². The standard InChI is InChI=1S/C13H16N2OS/c1-9(2)14-8-10-5-6-11(15-13(10)16)12-4-3-7-17-12/h3-7,9,14H,8H2,1-2H3,(H,15,16). The summed E-state index contributed by atoms with van der Waals surface area (Å²) in [6.07, 6.45) is 0. The topological polar surface area (TPSA) is 44.9 Å². The van der Waals surface area contributed by atoms with Crippen LogP contribution in [-0.4, -0.2) is 11.0 Å². The van der Waals surface area contributed by atoms with Crippen LogP contribution < -0.4 is 10.9 Å². The Hall–Kier alpha value is -1.39. The fourth-order valence-electron chi connectivity index (χ4n) is 1.53. The molecule has 2 rings (SSSR count). The molecule has 0 spiro atoms. The first-order valence-corrected chi connectivity index (χ1v) is 6.54. The van der Waals surface area contributed by atoms with Gasteiger partial charge in [0.2, 0.25) is 0 Å². The van der Waals surface area contributed by atoms with Gasteiger partial charge in [-0.05, 0) is 17.5 Å². The van der Waals surface area contributed by atoms with Crippen molar-refractivity contribution in [2.24, 2.45) is 0 Å². The molecular formula is C13H16N2OS. The van der Waals surface area contributed by atoms with Crippen LogP contribution in [-0.2, 0) is 6.54 Å². The van der Waals surface area contributed by atoms with Crippen LogP contribution >= 0.6 is 11.3 Å². The largest absolute Gasteiger partial charge is 0.321 e. The van der Waals surface area contributed by atoms with Gasteiger partial charge in [0, 0.05) is 18.2 Å². The molecule has 0 saturated carbocycles. The molecule has 0 aliphatic rings. The number of H-pyrrole nitrogens is 1. The van der Waals surface area contributed by atoms with Gasteiger partial charge in [0.15, 0.2) is 0 Å². The molecule has 2 heterocycles. The molecule has 0 radical (unpaired) electrons. The third kappa shape index (κ3) is 3.05. The van der Waals surface area contributed by atoms with Crippen molar-refractivity contribution >= 4 is 11.3 Å². The zero-order valence-corrected chi connectivity index (χ0v) is 10.8. The zero-order chi connectivity index (χ0) is 12.3. The first kappa shape index (κ1) is 12.1. The van der Waals surface area contributed by atoms with Gasteiger partial charge in [-0.15, -0.1) is 11.3 Å². The van der Waals surface area contributed by atoms with E-state index in [0.717, 1.165) is 16.1 Å². The fraction of sp³-hybridized carbons (Fsp3) is 0.308. The van der Waals surface area contributed by atoms with Crippen molar-refractivity contribution in [3.63, 3.8) is 0 Å². The Labute approximate surface area is 105 Å². The van der Waals surface area contributed by atoms with E-state index < -0.39 is 0 Å². The third-order valence-electron chi connectivity index (χ3n) is 2.48. The Morgan fingerprint density at radius 2 is 2.18 bits per heavy atom. The van der Waals surface area contributed by atoms with Crippen LogP contribution in [0.15, 0.2) is 34.4 Å². The SMILES string of the molecule is CC(C)NCc1ccc(-c2cccs2)[nH]c1=O. The molecule has 0 unspecified atom stereocenters. The summed E-state index contributed by atoms with van der Waals surface area (Å²) in [6.45, 7) is 4.74. The first-order chi connectivity index (χ1) is 8.16. The number of hydrogen-bond acceptors (Lipinski definition) is 3. The number of thiophene rings is 1. The van der Waals surface area contributed by atoms with Gasteiger partial charge < -0.3 is 10.3 Å². The minimum absolute atomic E-state index is 0.0101. The van der Waals surface area contributed by atoms with Gasteiger partial charge in [0.05, 0.1) is 10.6 Å². The van der Waals surface area contributed by atoms with E-state index in [2.05, 4.69) is 24.1 Å². The second kappa shape index (κ2) is 5.29. The lowest BCUT2D eigenvalue weighted by molar-refractivity contribution is 0.586. The first-order valence-electron chi connectivity index (χ1n) is 5.66. The smallest absolute Gasteiger partial charge is 0.252 e. The van der Waals surface area contributed by atoms with E-state index in [9.17, 15) is 4.79 Å². The Bertz CT molecular complexity index is 529. The highest BCUT2D eigenvalue weighted by molar-refractivity contribution is 7.13. The van der Waals surface area contributed by atoms with Crippen molar-refractivity contribution in [1.82, 2.24) is 10.3 Å². The second-order valence-corrected chi connectivity index (χ2v) is 5.19. The summed E-state index contributed by atoms with van der Waals surface area (Å²) in [5, 5.41) is 5.24. The van der Waals surface area contributed by atoms with Crippen LogP contribution in [0.4, 0.5) is 0 Å². The maximum atomic E-state index is 11.9. The van der Waals surface area contributed by atoms with Crippen molar-refractivity contribution in [1.29, 1.82) is 0 Å². The van der Waals surface area contributed by atoms with Crippen LogP contribution in [0.25, 0.3) is 10.6 Å². The number of aromatic amines is 1. The number of nitrogens with one attached hydrogen (secondary N) is 2. The monoisotopic (exact) mass is 248 g/mol. The van der Waals surface area contributed by atoms with Gasteiger partial charge in [-0.2, -0.15) is 0 Å². The maximum absolute atomic E-state index is 11.9. The molecule has 90 valence electrons. The molecule has 17 heavy (non-hydrogen) atoms. The van der Waals surface area contributed by atoms with Gasteiger partial charge in [0.1, 0.15) is 0 Å². The van der Waals surface area contributed by atoms with E-state index in [-0.39, 0.29) is 5.56 Å². The summed E-state index contributed by atoms with van der Waals surface area (Å²) in [7, 11) is 0. The molecule has 4 heteroatoms. The Kier molecular flexibility index (Phi) is 3.76. The number of rotatable bonds is 4. The van der Waals surface area contributed by atoms with Crippen molar-refractivity contribution in [2.45, 2.75) is 26.4 Å². The molecule has 0 aliphatic carbocycles. The molecular weight excluding hydrogens is 232 g/mol. The van der Waals surface area contributed by atoms with E-state index in [1.54, 1.807) is 11.3 Å². The van der Waals surface area contributed by atoms with Crippen molar-refractivity contribution in [2.75, 3.05) is 0 Å². The van der Waals surface area contributed by atoms with E-state index in [4.69, 9.17) is 0 Å². The number of hydrogen-bond donors (Lipinski definition) is 2. The van der Waals surface area contributed by atoms with Gasteiger partial charge in [-0.1, -0.05) is 26.0 Å². The number of aromatic nitrogens is 1. The van der Waals surface area contributed by atoms with E-state index in [0.29, 0.717) is 12.6 Å². The molecule has 0 saturated heterocycles. The van der Waals surface area contributed by atoms with Gasteiger partial charge in [-0.25, -0.2) is 0 Å². The lowest BCUT2D eigenvalue weighted by atomic mass is 10.2. The lowest BCUT2D eigenvalue weighted by Crippen LogP contribution is -2.26. The summed E-state index contributed by atoms with van der Waals surface area (Å²) in [5.41, 5.74) is 1.65. The van der Waals surface area contributed by atoms with Crippen LogP contribution in [0.2, 0.25) is 0 Å².